The van der Waals surface area contributed by atoms with Crippen LogP contribution in [0.1, 0.15) is 45.5 Å². The van der Waals surface area contributed by atoms with Gasteiger partial charge in [-0.15, -0.1) is 0 Å². The lowest BCUT2D eigenvalue weighted by Gasteiger charge is -2.10. The van der Waals surface area contributed by atoms with Gasteiger partial charge in [-0.1, -0.05) is 13.8 Å². The molecule has 0 aromatic carbocycles. The number of alkyl halides is 2. The lowest BCUT2D eigenvalue weighted by atomic mass is 10.2. The Labute approximate surface area is 92.9 Å². The molecule has 0 bridgehead atoms. The van der Waals surface area contributed by atoms with E-state index in [1.807, 2.05) is 27.7 Å². The molecule has 0 unspecified atom stereocenters. The van der Waals surface area contributed by atoms with E-state index in [9.17, 15) is 13.6 Å². The maximum absolute atomic E-state index is 12.2. The molecular formula is C10H17F2N3O. The van der Waals surface area contributed by atoms with Crippen LogP contribution in [0.5, 0.6) is 0 Å². The van der Waals surface area contributed by atoms with Crippen LogP contribution in [-0.4, -0.2) is 20.8 Å². The number of hydrogen-bond acceptors (Lipinski definition) is 2. The van der Waals surface area contributed by atoms with E-state index in [0.717, 1.165) is 4.68 Å². The lowest BCUT2D eigenvalue weighted by Crippen LogP contribution is -2.28. The lowest BCUT2D eigenvalue weighted by molar-refractivity contribution is 0.120. The van der Waals surface area contributed by atoms with Gasteiger partial charge in [0.2, 0.25) is 0 Å². The van der Waals surface area contributed by atoms with Crippen LogP contribution >= 0.6 is 0 Å². The first-order valence-electron chi connectivity index (χ1n) is 5.32. The van der Waals surface area contributed by atoms with Gasteiger partial charge in [0.25, 0.3) is 6.43 Å². The zero-order valence-electron chi connectivity index (χ0n) is 9.94. The first kappa shape index (κ1) is 12.9. The summed E-state index contributed by atoms with van der Waals surface area (Å²) in [5.41, 5.74) is -0.459. The minimum atomic E-state index is -2.56. The van der Waals surface area contributed by atoms with Crippen molar-refractivity contribution in [3.63, 3.8) is 0 Å². The molecule has 0 aliphatic carbocycles. The van der Waals surface area contributed by atoms with Gasteiger partial charge >= 0.3 is 5.69 Å². The summed E-state index contributed by atoms with van der Waals surface area (Å²) in [6.07, 6.45) is -2.56. The third kappa shape index (κ3) is 2.48. The molecule has 0 fully saturated rings. The maximum Gasteiger partial charge on any atom is 0.346 e. The van der Waals surface area contributed by atoms with Crippen LogP contribution in [0.2, 0.25) is 0 Å². The largest absolute Gasteiger partial charge is 0.346 e. The van der Waals surface area contributed by atoms with Crippen molar-refractivity contribution < 1.29 is 8.78 Å². The van der Waals surface area contributed by atoms with E-state index in [-0.39, 0.29) is 12.0 Å². The smallest absolute Gasteiger partial charge is 0.276 e. The van der Waals surface area contributed by atoms with Crippen molar-refractivity contribution in [2.45, 2.75) is 52.6 Å². The predicted octanol–water partition coefficient (Wildman–Crippen LogP) is 2.01. The molecule has 92 valence electrons. The molecule has 1 aromatic rings. The van der Waals surface area contributed by atoms with Gasteiger partial charge in [0, 0.05) is 12.0 Å². The van der Waals surface area contributed by atoms with Crippen LogP contribution in [-0.2, 0) is 6.54 Å². The fourth-order valence-electron chi connectivity index (χ4n) is 1.57. The Morgan fingerprint density at radius 1 is 1.25 bits per heavy atom. The maximum atomic E-state index is 12.2. The topological polar surface area (TPSA) is 39.8 Å². The average Bonchev–Trinajstić information content (AvgIpc) is 2.43. The number of hydrogen-bond donors (Lipinski definition) is 0. The van der Waals surface area contributed by atoms with Crippen molar-refractivity contribution in [1.29, 1.82) is 0 Å². The molecule has 16 heavy (non-hydrogen) atoms. The Kier molecular flexibility index (Phi) is 3.83. The van der Waals surface area contributed by atoms with Gasteiger partial charge in [0.15, 0.2) is 0 Å². The van der Waals surface area contributed by atoms with E-state index in [4.69, 9.17) is 0 Å². The Morgan fingerprint density at radius 2 is 1.81 bits per heavy atom. The van der Waals surface area contributed by atoms with E-state index in [1.165, 1.54) is 4.57 Å². The molecule has 0 radical (unpaired) electrons. The highest BCUT2D eigenvalue weighted by atomic mass is 19.3. The van der Waals surface area contributed by atoms with Crippen LogP contribution in [0.25, 0.3) is 0 Å². The summed E-state index contributed by atoms with van der Waals surface area (Å²) in [4.78, 5) is 11.8. The van der Waals surface area contributed by atoms with Crippen LogP contribution in [0, 0.1) is 0 Å². The minimum absolute atomic E-state index is 0.0361. The number of rotatable bonds is 4. The molecular weight excluding hydrogens is 216 g/mol. The second-order valence-corrected chi connectivity index (χ2v) is 4.33. The molecule has 1 heterocycles. The first-order chi connectivity index (χ1) is 7.34. The van der Waals surface area contributed by atoms with Crippen molar-refractivity contribution in [3.05, 3.63) is 16.3 Å². The van der Waals surface area contributed by atoms with Crippen molar-refractivity contribution in [1.82, 2.24) is 14.3 Å². The molecule has 0 aliphatic rings. The Bertz CT molecular complexity index is 407. The Morgan fingerprint density at radius 3 is 2.12 bits per heavy atom. The molecule has 0 saturated carbocycles. The van der Waals surface area contributed by atoms with Crippen LogP contribution < -0.4 is 5.69 Å². The van der Waals surface area contributed by atoms with Gasteiger partial charge in [-0.3, -0.25) is 4.57 Å². The summed E-state index contributed by atoms with van der Waals surface area (Å²) in [5, 5.41) is 3.96. The molecule has 0 atom stereocenters. The van der Waals surface area contributed by atoms with Gasteiger partial charge in [0.1, 0.15) is 12.4 Å². The van der Waals surface area contributed by atoms with Gasteiger partial charge in [-0.05, 0) is 13.8 Å². The van der Waals surface area contributed by atoms with Gasteiger partial charge in [-0.25, -0.2) is 18.3 Å². The van der Waals surface area contributed by atoms with E-state index in [0.29, 0.717) is 5.82 Å². The highest BCUT2D eigenvalue weighted by Crippen LogP contribution is 2.14. The molecule has 0 aliphatic heterocycles. The third-order valence-corrected chi connectivity index (χ3v) is 2.24. The van der Waals surface area contributed by atoms with Crippen LogP contribution in [0.4, 0.5) is 8.78 Å². The minimum Gasteiger partial charge on any atom is -0.276 e. The standard InChI is InChI=1S/C10H17F2N3O/c1-6(2)9-13-14(5-8(11)12)10(16)15(9)7(3)4/h6-8H,5H2,1-4H3. The summed E-state index contributed by atoms with van der Waals surface area (Å²) in [7, 11) is 0. The van der Waals surface area contributed by atoms with Gasteiger partial charge < -0.3 is 0 Å². The van der Waals surface area contributed by atoms with E-state index in [1.54, 1.807) is 0 Å². The van der Waals surface area contributed by atoms with Crippen molar-refractivity contribution in [3.8, 4) is 0 Å². The molecule has 0 spiro atoms. The van der Waals surface area contributed by atoms with Crippen molar-refractivity contribution >= 4 is 0 Å². The van der Waals surface area contributed by atoms with Crippen LogP contribution in [0.15, 0.2) is 4.79 Å². The van der Waals surface area contributed by atoms with Gasteiger partial charge in [-0.2, -0.15) is 5.10 Å². The highest BCUT2D eigenvalue weighted by Gasteiger charge is 2.19. The summed E-state index contributed by atoms with van der Waals surface area (Å²) >= 11 is 0. The Hall–Kier alpha value is -1.20. The molecule has 0 N–H and O–H groups in total. The molecule has 0 saturated heterocycles. The fraction of sp³-hybridized carbons (Fsp3) is 0.800. The molecule has 1 rings (SSSR count). The summed E-state index contributed by atoms with van der Waals surface area (Å²) in [5.74, 6) is 0.592. The van der Waals surface area contributed by atoms with E-state index >= 15 is 0 Å². The molecule has 1 aromatic heterocycles. The van der Waals surface area contributed by atoms with E-state index < -0.39 is 18.7 Å². The van der Waals surface area contributed by atoms with Gasteiger partial charge in [0.05, 0.1) is 0 Å². The number of halogens is 2. The second-order valence-electron chi connectivity index (χ2n) is 4.33. The Balaban J connectivity index is 3.25. The average molecular weight is 233 g/mol. The van der Waals surface area contributed by atoms with Crippen LogP contribution in [0.3, 0.4) is 0 Å². The van der Waals surface area contributed by atoms with Crippen molar-refractivity contribution in [2.75, 3.05) is 0 Å². The summed E-state index contributed by atoms with van der Waals surface area (Å²) in [6, 6.07) is -0.0728. The fourth-order valence-corrected chi connectivity index (χ4v) is 1.57. The monoisotopic (exact) mass is 233 g/mol. The van der Waals surface area contributed by atoms with Crippen molar-refractivity contribution in [2.24, 2.45) is 0 Å². The SMILES string of the molecule is CC(C)c1nn(CC(F)F)c(=O)n1C(C)C. The molecule has 6 heteroatoms. The van der Waals surface area contributed by atoms with E-state index in [2.05, 4.69) is 5.10 Å². The number of aromatic nitrogens is 3. The molecule has 0 amide bonds. The normalized spacial score (nSPS) is 12.1. The predicted molar refractivity (Wildman–Crippen MR) is 57.0 cm³/mol. The summed E-state index contributed by atoms with van der Waals surface area (Å²) < 4.78 is 26.8. The highest BCUT2D eigenvalue weighted by molar-refractivity contribution is 4.95. The quantitative estimate of drug-likeness (QED) is 0.798. The third-order valence-electron chi connectivity index (χ3n) is 2.24. The molecule has 4 nitrogen and oxygen atoms in total. The summed E-state index contributed by atoms with van der Waals surface area (Å²) in [6.45, 7) is 6.79. The number of nitrogens with zero attached hydrogens (tertiary/aromatic N) is 3. The second kappa shape index (κ2) is 4.76. The zero-order chi connectivity index (χ0) is 12.5. The zero-order valence-corrected chi connectivity index (χ0v) is 9.94. The first-order valence-corrected chi connectivity index (χ1v) is 5.32.